The van der Waals surface area contributed by atoms with Crippen LogP contribution in [0.25, 0.3) is 0 Å². The van der Waals surface area contributed by atoms with Gasteiger partial charge in [-0.1, -0.05) is 35.4 Å². The van der Waals surface area contributed by atoms with Gasteiger partial charge in [-0.25, -0.2) is 0 Å². The Morgan fingerprint density at radius 1 is 0.905 bits per heavy atom. The molecule has 0 bridgehead atoms. The Morgan fingerprint density at radius 3 is 1.95 bits per heavy atom. The molecule has 1 amide bonds. The van der Waals surface area contributed by atoms with Crippen LogP contribution in [0.1, 0.15) is 11.1 Å². The topological polar surface area (TPSA) is 56.4 Å². The number of nitrogens with zero attached hydrogens (tertiary/aromatic N) is 1. The van der Waals surface area contributed by atoms with Crippen molar-refractivity contribution >= 4 is 30.2 Å². The first kappa shape index (κ1) is 16.8. The largest absolute Gasteiger partial charge is 0.302 e. The maximum atomic E-state index is 10.7. The molecular formula is C15H19ClN4O. The van der Waals surface area contributed by atoms with Crippen molar-refractivity contribution in [3.63, 3.8) is 0 Å². The Labute approximate surface area is 130 Å². The second kappa shape index (κ2) is 8.14. The van der Waals surface area contributed by atoms with Crippen LogP contribution in [0.4, 0.5) is 11.4 Å². The summed E-state index contributed by atoms with van der Waals surface area (Å²) >= 11 is 0. The molecule has 0 unspecified atom stereocenters. The summed E-state index contributed by atoms with van der Waals surface area (Å²) in [6, 6.07) is 15.7. The van der Waals surface area contributed by atoms with Gasteiger partial charge in [0.1, 0.15) is 0 Å². The van der Waals surface area contributed by atoms with Crippen LogP contribution in [-0.2, 0) is 4.79 Å². The van der Waals surface area contributed by atoms with Crippen molar-refractivity contribution in [2.75, 3.05) is 10.5 Å². The first-order valence-corrected chi connectivity index (χ1v) is 6.34. The highest BCUT2D eigenvalue weighted by Crippen LogP contribution is 2.12. The van der Waals surface area contributed by atoms with Crippen LogP contribution in [0.2, 0.25) is 0 Å². The van der Waals surface area contributed by atoms with E-state index >= 15 is 0 Å². The summed E-state index contributed by atoms with van der Waals surface area (Å²) in [5, 5.41) is 1.51. The number of halogens is 1. The highest BCUT2D eigenvalue weighted by molar-refractivity contribution is 5.85. The van der Waals surface area contributed by atoms with Gasteiger partial charge in [0.15, 0.2) is 0 Å². The fraction of sp³-hybridized carbons (Fsp3) is 0.133. The molecule has 6 heteroatoms. The van der Waals surface area contributed by atoms with E-state index in [4.69, 9.17) is 0 Å². The van der Waals surface area contributed by atoms with Crippen LogP contribution in [0, 0.1) is 13.8 Å². The van der Waals surface area contributed by atoms with Gasteiger partial charge >= 0.3 is 0 Å². The van der Waals surface area contributed by atoms with E-state index in [9.17, 15) is 4.79 Å². The molecule has 0 aliphatic rings. The summed E-state index contributed by atoms with van der Waals surface area (Å²) in [6.07, 6.45) is 0.615. The van der Waals surface area contributed by atoms with Crippen LogP contribution >= 0.6 is 12.4 Å². The Balaban J connectivity index is 0.00000220. The molecule has 3 N–H and O–H groups in total. The number of hydrazine groups is 3. The summed E-state index contributed by atoms with van der Waals surface area (Å²) in [5.41, 5.74) is 12.6. The second-order valence-electron chi connectivity index (χ2n) is 4.52. The fourth-order valence-electron chi connectivity index (χ4n) is 1.68. The monoisotopic (exact) mass is 306 g/mol. The van der Waals surface area contributed by atoms with E-state index in [1.807, 2.05) is 62.4 Å². The predicted molar refractivity (Wildman–Crippen MR) is 88.0 cm³/mol. The standard InChI is InChI=1S/C15H18N4O.ClH/c1-12-3-7-14(8-4-12)17-18-19(16-11-20)15-9-5-13(2)6-10-15;/h3-11,17-18H,1-2H3,(H,16,20);1H. The molecule has 0 fully saturated rings. The van der Waals surface area contributed by atoms with E-state index in [0.717, 1.165) is 16.9 Å². The second-order valence-corrected chi connectivity index (χ2v) is 4.52. The molecule has 0 saturated heterocycles. The minimum atomic E-state index is 0. The summed E-state index contributed by atoms with van der Waals surface area (Å²) < 4.78 is 0. The molecule has 5 nitrogen and oxygen atoms in total. The van der Waals surface area contributed by atoms with Crippen LogP contribution in [0.3, 0.4) is 0 Å². The van der Waals surface area contributed by atoms with Crippen LogP contribution < -0.4 is 21.5 Å². The average Bonchev–Trinajstić information content (AvgIpc) is 2.46. The molecule has 21 heavy (non-hydrogen) atoms. The Hall–Kier alpha value is -2.24. The molecule has 2 rings (SSSR count). The lowest BCUT2D eigenvalue weighted by Crippen LogP contribution is -2.50. The number of hydrogen-bond donors (Lipinski definition) is 3. The van der Waals surface area contributed by atoms with Gasteiger partial charge in [0.05, 0.1) is 11.4 Å². The number of carbonyl (C=O) groups is 1. The quantitative estimate of drug-likeness (QED) is 0.567. The van der Waals surface area contributed by atoms with E-state index in [1.54, 1.807) is 0 Å². The molecule has 0 atom stereocenters. The smallest absolute Gasteiger partial charge is 0.226 e. The van der Waals surface area contributed by atoms with Crippen LogP contribution in [-0.4, -0.2) is 6.41 Å². The minimum absolute atomic E-state index is 0. The van der Waals surface area contributed by atoms with Crippen LogP contribution in [0.15, 0.2) is 48.5 Å². The normalized spacial score (nSPS) is 9.43. The third-order valence-corrected chi connectivity index (χ3v) is 2.84. The van der Waals surface area contributed by atoms with Gasteiger partial charge < -0.3 is 5.43 Å². The first-order valence-electron chi connectivity index (χ1n) is 6.34. The first-order chi connectivity index (χ1) is 9.69. The van der Waals surface area contributed by atoms with Crippen molar-refractivity contribution in [1.82, 2.24) is 11.0 Å². The molecule has 2 aromatic rings. The van der Waals surface area contributed by atoms with Gasteiger partial charge in [0.25, 0.3) is 0 Å². The Kier molecular flexibility index (Phi) is 6.52. The van der Waals surface area contributed by atoms with E-state index < -0.39 is 0 Å². The number of benzene rings is 2. The summed E-state index contributed by atoms with van der Waals surface area (Å²) in [4.78, 5) is 10.7. The number of amides is 1. The molecule has 0 spiro atoms. The molecule has 0 aliphatic heterocycles. The van der Waals surface area contributed by atoms with Crippen molar-refractivity contribution < 1.29 is 4.79 Å². The van der Waals surface area contributed by atoms with Gasteiger partial charge in [-0.2, -0.15) is 5.12 Å². The van der Waals surface area contributed by atoms with Gasteiger partial charge in [0, 0.05) is 0 Å². The van der Waals surface area contributed by atoms with Crippen molar-refractivity contribution in [3.8, 4) is 0 Å². The van der Waals surface area contributed by atoms with Gasteiger partial charge in [-0.3, -0.25) is 10.2 Å². The average molecular weight is 307 g/mol. The third kappa shape index (κ3) is 4.98. The highest BCUT2D eigenvalue weighted by Gasteiger charge is 2.04. The van der Waals surface area contributed by atoms with Crippen molar-refractivity contribution in [2.24, 2.45) is 0 Å². The number of carbonyl (C=O) groups excluding carboxylic acids is 1. The Bertz CT molecular complexity index is 557. The number of hydrogen-bond acceptors (Lipinski definition) is 4. The lowest BCUT2D eigenvalue weighted by molar-refractivity contribution is -0.109. The molecule has 0 radical (unpaired) electrons. The van der Waals surface area contributed by atoms with Gasteiger partial charge in [-0.05, 0) is 38.1 Å². The predicted octanol–water partition coefficient (Wildman–Crippen LogP) is 2.72. The van der Waals surface area contributed by atoms with Crippen molar-refractivity contribution in [2.45, 2.75) is 13.8 Å². The maximum absolute atomic E-state index is 10.7. The van der Waals surface area contributed by atoms with E-state index in [0.29, 0.717) is 6.41 Å². The molecule has 0 heterocycles. The number of anilines is 2. The summed E-state index contributed by atoms with van der Waals surface area (Å²) in [6.45, 7) is 4.04. The van der Waals surface area contributed by atoms with Gasteiger partial charge in [0.2, 0.25) is 6.41 Å². The lowest BCUT2D eigenvalue weighted by atomic mass is 10.2. The van der Waals surface area contributed by atoms with Crippen molar-refractivity contribution in [3.05, 3.63) is 59.7 Å². The van der Waals surface area contributed by atoms with Gasteiger partial charge in [-0.15, -0.1) is 17.9 Å². The fourth-order valence-corrected chi connectivity index (χ4v) is 1.68. The molecule has 2 aromatic carbocycles. The summed E-state index contributed by atoms with van der Waals surface area (Å²) in [7, 11) is 0. The van der Waals surface area contributed by atoms with E-state index in [-0.39, 0.29) is 12.4 Å². The summed E-state index contributed by atoms with van der Waals surface area (Å²) in [5.74, 6) is 0. The zero-order valence-electron chi connectivity index (χ0n) is 12.0. The number of nitrogens with one attached hydrogen (secondary N) is 3. The number of aryl methyl sites for hydroxylation is 2. The number of rotatable bonds is 6. The van der Waals surface area contributed by atoms with E-state index in [2.05, 4.69) is 16.4 Å². The highest BCUT2D eigenvalue weighted by atomic mass is 35.5. The molecule has 0 aliphatic carbocycles. The van der Waals surface area contributed by atoms with E-state index in [1.165, 1.54) is 10.7 Å². The zero-order chi connectivity index (χ0) is 14.4. The minimum Gasteiger partial charge on any atom is -0.302 e. The molecular weight excluding hydrogens is 288 g/mol. The third-order valence-electron chi connectivity index (χ3n) is 2.84. The lowest BCUT2D eigenvalue weighted by Gasteiger charge is -2.24. The van der Waals surface area contributed by atoms with Crippen LogP contribution in [0.5, 0.6) is 0 Å². The molecule has 0 aromatic heterocycles. The van der Waals surface area contributed by atoms with Crippen molar-refractivity contribution in [1.29, 1.82) is 0 Å². The molecule has 0 saturated carbocycles. The zero-order valence-corrected chi connectivity index (χ0v) is 12.8. The maximum Gasteiger partial charge on any atom is 0.226 e. The molecule has 112 valence electrons. The Morgan fingerprint density at radius 2 is 1.43 bits per heavy atom. The SMILES string of the molecule is Cc1ccc(NNN(NC=O)c2ccc(C)cc2)cc1.Cl.